The van der Waals surface area contributed by atoms with Crippen LogP contribution in [0.2, 0.25) is 5.02 Å². The first-order chi connectivity index (χ1) is 9.97. The van der Waals surface area contributed by atoms with Gasteiger partial charge in [-0.05, 0) is 52.4 Å². The molecule has 4 atom stereocenters. The van der Waals surface area contributed by atoms with Crippen LogP contribution in [0.1, 0.15) is 6.42 Å². The first-order valence-corrected chi connectivity index (χ1v) is 7.81. The van der Waals surface area contributed by atoms with Gasteiger partial charge in [-0.1, -0.05) is 23.8 Å². The monoisotopic (exact) mass is 369 g/mol. The summed E-state index contributed by atoms with van der Waals surface area (Å²) in [5.41, 5.74) is 0.573. The lowest BCUT2D eigenvalue weighted by Crippen LogP contribution is -2.36. The average molecular weight is 371 g/mol. The molecule has 0 unspecified atom stereocenters. The van der Waals surface area contributed by atoms with E-state index >= 15 is 0 Å². The molecule has 21 heavy (non-hydrogen) atoms. The number of anilines is 1. The third-order valence-electron chi connectivity index (χ3n) is 4.23. The molecular weight excluding hydrogens is 358 g/mol. The number of fused-ring (bicyclic) bond motifs is 2. The number of nitrogens with one attached hydrogen (secondary N) is 1. The van der Waals surface area contributed by atoms with E-state index in [4.69, 9.17) is 11.6 Å². The molecule has 110 valence electrons. The smallest absolute Gasteiger partial charge is 0.307 e. The lowest BCUT2D eigenvalue weighted by molar-refractivity contribution is -0.146. The first-order valence-electron chi connectivity index (χ1n) is 6.64. The van der Waals surface area contributed by atoms with E-state index in [1.807, 2.05) is 12.2 Å². The third kappa shape index (κ3) is 2.60. The van der Waals surface area contributed by atoms with Gasteiger partial charge < -0.3 is 10.4 Å². The quantitative estimate of drug-likeness (QED) is 0.800. The van der Waals surface area contributed by atoms with Gasteiger partial charge in [0.1, 0.15) is 0 Å². The topological polar surface area (TPSA) is 66.4 Å². The van der Waals surface area contributed by atoms with Crippen molar-refractivity contribution in [2.24, 2.45) is 23.7 Å². The van der Waals surface area contributed by atoms with Gasteiger partial charge in [0, 0.05) is 10.2 Å². The van der Waals surface area contributed by atoms with E-state index in [2.05, 4.69) is 21.2 Å². The highest BCUT2D eigenvalue weighted by Crippen LogP contribution is 2.48. The number of carboxylic acids is 1. The van der Waals surface area contributed by atoms with E-state index in [0.29, 0.717) is 10.7 Å². The number of halogens is 2. The predicted octanol–water partition coefficient (Wildman–Crippen LogP) is 3.56. The highest BCUT2D eigenvalue weighted by atomic mass is 79.9. The lowest BCUT2D eigenvalue weighted by Gasteiger charge is -2.23. The van der Waals surface area contributed by atoms with Crippen molar-refractivity contribution in [3.63, 3.8) is 0 Å². The summed E-state index contributed by atoms with van der Waals surface area (Å²) in [5.74, 6) is -2.32. The summed E-state index contributed by atoms with van der Waals surface area (Å²) in [6, 6.07) is 5.11. The Morgan fingerprint density at radius 1 is 1.24 bits per heavy atom. The summed E-state index contributed by atoms with van der Waals surface area (Å²) in [5, 5.41) is 12.6. The third-order valence-corrected chi connectivity index (χ3v) is 5.47. The Morgan fingerprint density at radius 3 is 2.52 bits per heavy atom. The van der Waals surface area contributed by atoms with E-state index in [1.165, 1.54) is 0 Å². The van der Waals surface area contributed by atoms with Gasteiger partial charge in [-0.15, -0.1) is 0 Å². The SMILES string of the molecule is O=C(O)[C@H]1[C@H](C(=O)Nc2ccc(Br)c(Cl)c2)[C@H]2C=C[C@@H]1C2. The van der Waals surface area contributed by atoms with Gasteiger partial charge in [0.2, 0.25) is 5.91 Å². The van der Waals surface area contributed by atoms with Gasteiger partial charge in [-0.25, -0.2) is 0 Å². The van der Waals surface area contributed by atoms with Gasteiger partial charge in [-0.2, -0.15) is 0 Å². The van der Waals surface area contributed by atoms with E-state index < -0.39 is 17.8 Å². The van der Waals surface area contributed by atoms with Crippen LogP contribution in [0.3, 0.4) is 0 Å². The first kappa shape index (κ1) is 14.6. The van der Waals surface area contributed by atoms with Crippen molar-refractivity contribution in [1.82, 2.24) is 0 Å². The molecule has 1 fully saturated rings. The van der Waals surface area contributed by atoms with Gasteiger partial charge >= 0.3 is 5.97 Å². The van der Waals surface area contributed by atoms with E-state index in [1.54, 1.807) is 18.2 Å². The van der Waals surface area contributed by atoms with Crippen molar-refractivity contribution in [2.75, 3.05) is 5.32 Å². The molecule has 0 radical (unpaired) electrons. The fourth-order valence-electron chi connectivity index (χ4n) is 3.32. The molecule has 0 aliphatic heterocycles. The maximum absolute atomic E-state index is 12.5. The van der Waals surface area contributed by atoms with Crippen molar-refractivity contribution in [3.05, 3.63) is 39.8 Å². The van der Waals surface area contributed by atoms with Crippen molar-refractivity contribution < 1.29 is 14.7 Å². The Hall–Kier alpha value is -1.33. The molecule has 4 nitrogen and oxygen atoms in total. The van der Waals surface area contributed by atoms with Crippen LogP contribution >= 0.6 is 27.5 Å². The molecule has 3 rings (SSSR count). The van der Waals surface area contributed by atoms with Gasteiger partial charge in [-0.3, -0.25) is 9.59 Å². The number of carbonyl (C=O) groups is 2. The lowest BCUT2D eigenvalue weighted by atomic mass is 9.82. The van der Waals surface area contributed by atoms with Gasteiger partial charge in [0.15, 0.2) is 0 Å². The number of carboxylic acid groups (broad SMARTS) is 1. The second kappa shape index (κ2) is 5.46. The van der Waals surface area contributed by atoms with Crippen LogP contribution in [0.4, 0.5) is 5.69 Å². The van der Waals surface area contributed by atoms with Crippen LogP contribution in [0.5, 0.6) is 0 Å². The summed E-state index contributed by atoms with van der Waals surface area (Å²) in [4.78, 5) is 23.9. The molecule has 0 saturated heterocycles. The Kier molecular flexibility index (Phi) is 3.80. The maximum atomic E-state index is 12.5. The summed E-state index contributed by atoms with van der Waals surface area (Å²) in [7, 11) is 0. The Morgan fingerprint density at radius 2 is 1.90 bits per heavy atom. The number of rotatable bonds is 3. The molecule has 1 aromatic rings. The number of amides is 1. The molecule has 1 saturated carbocycles. The molecule has 0 spiro atoms. The molecule has 0 aromatic heterocycles. The fourth-order valence-corrected chi connectivity index (χ4v) is 3.74. The minimum Gasteiger partial charge on any atom is -0.481 e. The van der Waals surface area contributed by atoms with Crippen molar-refractivity contribution >= 4 is 45.1 Å². The second-order valence-electron chi connectivity index (χ2n) is 5.46. The van der Waals surface area contributed by atoms with Crippen LogP contribution < -0.4 is 5.32 Å². The average Bonchev–Trinajstić information content (AvgIpc) is 3.03. The molecular formula is C15H13BrClNO3. The van der Waals surface area contributed by atoms with E-state index in [0.717, 1.165) is 10.9 Å². The second-order valence-corrected chi connectivity index (χ2v) is 6.72. The Balaban J connectivity index is 1.80. The molecule has 6 heteroatoms. The Labute approximate surface area is 135 Å². The van der Waals surface area contributed by atoms with Crippen LogP contribution in [0.15, 0.2) is 34.8 Å². The molecule has 2 aliphatic carbocycles. The molecule has 0 heterocycles. The Bertz CT molecular complexity index is 646. The van der Waals surface area contributed by atoms with Crippen LogP contribution in [0.25, 0.3) is 0 Å². The standard InChI is InChI=1S/C15H13BrClNO3/c16-10-4-3-9(6-11(10)17)18-14(19)12-7-1-2-8(5-7)13(12)15(20)21/h1-4,6-8,12-13H,5H2,(H,18,19)(H,20,21)/t7-,8+,12+,13+/m0/s1. The number of hydrogen-bond acceptors (Lipinski definition) is 2. The fraction of sp³-hybridized carbons (Fsp3) is 0.333. The molecule has 2 aliphatic rings. The zero-order valence-corrected chi connectivity index (χ0v) is 13.3. The number of allylic oxidation sites excluding steroid dienone is 2. The number of hydrogen-bond donors (Lipinski definition) is 2. The molecule has 2 bridgehead atoms. The van der Waals surface area contributed by atoms with Crippen LogP contribution in [0, 0.1) is 23.7 Å². The van der Waals surface area contributed by atoms with Crippen molar-refractivity contribution in [1.29, 1.82) is 0 Å². The van der Waals surface area contributed by atoms with Crippen LogP contribution in [-0.2, 0) is 9.59 Å². The maximum Gasteiger partial charge on any atom is 0.307 e. The van der Waals surface area contributed by atoms with E-state index in [9.17, 15) is 14.7 Å². The van der Waals surface area contributed by atoms with Gasteiger partial charge in [0.05, 0.1) is 16.9 Å². The molecule has 1 aromatic carbocycles. The zero-order chi connectivity index (χ0) is 15.1. The van der Waals surface area contributed by atoms with Crippen molar-refractivity contribution in [3.8, 4) is 0 Å². The number of aliphatic carboxylic acids is 1. The molecule has 1 amide bonds. The summed E-state index contributed by atoms with van der Waals surface area (Å²) < 4.78 is 0.744. The number of benzene rings is 1. The highest BCUT2D eigenvalue weighted by Gasteiger charge is 2.51. The zero-order valence-electron chi connectivity index (χ0n) is 10.9. The van der Waals surface area contributed by atoms with Crippen molar-refractivity contribution in [2.45, 2.75) is 6.42 Å². The summed E-state index contributed by atoms with van der Waals surface area (Å²) in [6.07, 6.45) is 4.63. The van der Waals surface area contributed by atoms with Crippen LogP contribution in [-0.4, -0.2) is 17.0 Å². The summed E-state index contributed by atoms with van der Waals surface area (Å²) >= 11 is 9.28. The largest absolute Gasteiger partial charge is 0.481 e. The molecule has 2 N–H and O–H groups in total. The van der Waals surface area contributed by atoms with Gasteiger partial charge in [0.25, 0.3) is 0 Å². The number of carbonyl (C=O) groups excluding carboxylic acids is 1. The summed E-state index contributed by atoms with van der Waals surface area (Å²) in [6.45, 7) is 0. The normalized spacial score (nSPS) is 29.6. The minimum absolute atomic E-state index is 0.0158. The highest BCUT2D eigenvalue weighted by molar-refractivity contribution is 9.10. The minimum atomic E-state index is -0.902. The van der Waals surface area contributed by atoms with E-state index in [-0.39, 0.29) is 17.7 Å². The predicted molar refractivity (Wildman–Crippen MR) is 83.1 cm³/mol.